The Balaban J connectivity index is 1.31. The van der Waals surface area contributed by atoms with E-state index in [1.807, 2.05) is 0 Å². The monoisotopic (exact) mass is 648 g/mol. The van der Waals surface area contributed by atoms with Gasteiger partial charge in [0.25, 0.3) is 5.79 Å². The van der Waals surface area contributed by atoms with Gasteiger partial charge in [0.1, 0.15) is 11.3 Å². The summed E-state index contributed by atoms with van der Waals surface area (Å²) in [7, 11) is -6.37. The van der Waals surface area contributed by atoms with Crippen LogP contribution in [0.4, 0.5) is 17.6 Å². The third-order valence-corrected chi connectivity index (χ3v) is 9.46. The van der Waals surface area contributed by atoms with E-state index in [-0.39, 0.29) is 30.6 Å². The number of carbonyl (C=O) groups is 2. The fourth-order valence-electron chi connectivity index (χ4n) is 6.41. The quantitative estimate of drug-likeness (QED) is 0.209. The lowest BCUT2D eigenvalue weighted by Gasteiger charge is -2.62. The normalized spacial score (nSPS) is 33.2. The number of fused-ring (bicyclic) bond motifs is 1. The summed E-state index contributed by atoms with van der Waals surface area (Å²) in [6, 6.07) is 5.14. The van der Waals surface area contributed by atoms with E-state index in [0.717, 1.165) is 3.57 Å². The topological polar surface area (TPSA) is 116 Å². The molecule has 4 aliphatic carbocycles. The van der Waals surface area contributed by atoms with E-state index in [2.05, 4.69) is 22.6 Å². The zero-order valence-corrected chi connectivity index (χ0v) is 21.5. The average Bonchev–Trinajstić information content (AvgIpc) is 2.76. The molecule has 0 saturated heterocycles. The zero-order valence-electron chi connectivity index (χ0n) is 18.5. The maximum absolute atomic E-state index is 13.8. The molecule has 4 bridgehead atoms. The first kappa shape index (κ1) is 25.9. The molecule has 1 heterocycles. The second-order valence-electron chi connectivity index (χ2n) is 10.1. The van der Waals surface area contributed by atoms with Crippen molar-refractivity contribution in [2.24, 2.45) is 23.2 Å². The third-order valence-electron chi connectivity index (χ3n) is 7.84. The van der Waals surface area contributed by atoms with Gasteiger partial charge in [-0.1, -0.05) is 0 Å². The Bertz CT molecular complexity index is 1220. The number of rotatable bonds is 6. The number of esters is 2. The molecule has 4 saturated carbocycles. The van der Waals surface area contributed by atoms with Crippen LogP contribution in [0.5, 0.6) is 5.75 Å². The van der Waals surface area contributed by atoms with Crippen LogP contribution in [-0.4, -0.2) is 48.5 Å². The standard InChI is InChI=1S/C22H21F4IO8S/c23-20(24,22(25,26)36(30,31)32)3-4-33-18(29)19-8-11-5-12(9-19)21(13(6-11)10-19)34-16-2-1-14(27)7-15(16)17(28)35-21/h1-2,7,11-13H,3-6,8-10H2,(H,30,31,32). The molecule has 2 unspecified atom stereocenters. The molecule has 0 aromatic heterocycles. The van der Waals surface area contributed by atoms with Crippen molar-refractivity contribution in [1.82, 2.24) is 0 Å². The molecule has 1 aliphatic heterocycles. The summed E-state index contributed by atoms with van der Waals surface area (Å²) in [6.45, 7) is -1.17. The van der Waals surface area contributed by atoms with E-state index >= 15 is 0 Å². The van der Waals surface area contributed by atoms with Crippen LogP contribution in [0.2, 0.25) is 0 Å². The molecule has 0 amide bonds. The number of carbonyl (C=O) groups excluding carboxylic acids is 2. The molecule has 36 heavy (non-hydrogen) atoms. The number of hydrogen-bond acceptors (Lipinski definition) is 7. The minimum absolute atomic E-state index is 0.0754. The van der Waals surface area contributed by atoms with Gasteiger partial charge in [-0.3, -0.25) is 9.35 Å². The van der Waals surface area contributed by atoms with Crippen LogP contribution in [-0.2, 0) is 24.4 Å². The molecule has 2 atom stereocenters. The number of ether oxygens (including phenoxy) is 3. The minimum atomic E-state index is -6.37. The van der Waals surface area contributed by atoms with Gasteiger partial charge >= 0.3 is 33.2 Å². The van der Waals surface area contributed by atoms with Crippen LogP contribution in [0.1, 0.15) is 48.9 Å². The predicted octanol–water partition coefficient (Wildman–Crippen LogP) is 4.41. The van der Waals surface area contributed by atoms with Crippen molar-refractivity contribution in [1.29, 1.82) is 0 Å². The number of halogens is 5. The van der Waals surface area contributed by atoms with E-state index in [1.165, 1.54) is 0 Å². The van der Waals surface area contributed by atoms with Gasteiger partial charge in [-0.15, -0.1) is 0 Å². The van der Waals surface area contributed by atoms with Gasteiger partial charge in [-0.05, 0) is 78.8 Å². The van der Waals surface area contributed by atoms with Gasteiger partial charge in [0, 0.05) is 15.4 Å². The van der Waals surface area contributed by atoms with Crippen LogP contribution in [0.3, 0.4) is 0 Å². The van der Waals surface area contributed by atoms with Gasteiger partial charge < -0.3 is 14.2 Å². The lowest BCUT2D eigenvalue weighted by Crippen LogP contribution is -2.67. The molecule has 6 rings (SSSR count). The van der Waals surface area contributed by atoms with E-state index < -0.39 is 57.5 Å². The fourth-order valence-corrected chi connectivity index (χ4v) is 7.38. The molecule has 4 fully saturated rings. The molecule has 1 aromatic carbocycles. The van der Waals surface area contributed by atoms with Crippen molar-refractivity contribution in [2.75, 3.05) is 6.61 Å². The van der Waals surface area contributed by atoms with Crippen LogP contribution in [0.15, 0.2) is 18.2 Å². The predicted molar refractivity (Wildman–Crippen MR) is 121 cm³/mol. The lowest BCUT2D eigenvalue weighted by atomic mass is 9.47. The second kappa shape index (κ2) is 8.16. The smallest absolute Gasteiger partial charge is 0.431 e. The average molecular weight is 648 g/mol. The van der Waals surface area contributed by atoms with Crippen LogP contribution in [0, 0.1) is 26.7 Å². The van der Waals surface area contributed by atoms with Crippen molar-refractivity contribution in [3.63, 3.8) is 0 Å². The van der Waals surface area contributed by atoms with Crippen molar-refractivity contribution in [3.8, 4) is 5.75 Å². The van der Waals surface area contributed by atoms with Gasteiger partial charge in [-0.2, -0.15) is 26.0 Å². The van der Waals surface area contributed by atoms with Crippen LogP contribution < -0.4 is 4.74 Å². The highest BCUT2D eigenvalue weighted by atomic mass is 127. The van der Waals surface area contributed by atoms with Crippen LogP contribution >= 0.6 is 22.6 Å². The van der Waals surface area contributed by atoms with Gasteiger partial charge in [-0.25, -0.2) is 4.79 Å². The third kappa shape index (κ3) is 3.80. The Morgan fingerprint density at radius 1 is 1.14 bits per heavy atom. The highest BCUT2D eigenvalue weighted by Crippen LogP contribution is 2.66. The molecular weight excluding hydrogens is 627 g/mol. The minimum Gasteiger partial charge on any atom is -0.465 e. The van der Waals surface area contributed by atoms with E-state index in [1.54, 1.807) is 18.2 Å². The number of benzene rings is 1. The second-order valence-corrected chi connectivity index (χ2v) is 12.8. The molecule has 14 heteroatoms. The summed E-state index contributed by atoms with van der Waals surface area (Å²) in [4.78, 5) is 25.9. The molecule has 1 N–H and O–H groups in total. The Kier molecular flexibility index (Phi) is 5.88. The molecule has 5 aliphatic rings. The SMILES string of the molecule is O=C1OC2(Oc3ccc(I)cc31)C1CC3CC2CC(C(=O)OCCC(F)(F)C(F)(F)S(=O)(=O)O)(C3)C1. The van der Waals surface area contributed by atoms with E-state index in [0.29, 0.717) is 30.6 Å². The van der Waals surface area contributed by atoms with Crippen molar-refractivity contribution in [3.05, 3.63) is 27.3 Å². The molecular formula is C22H21F4IO8S. The van der Waals surface area contributed by atoms with Gasteiger partial charge in [0.2, 0.25) is 0 Å². The Morgan fingerprint density at radius 3 is 2.39 bits per heavy atom. The highest BCUT2D eigenvalue weighted by Gasteiger charge is 2.70. The molecule has 1 spiro atoms. The Labute approximate surface area is 216 Å². The first-order valence-corrected chi connectivity index (χ1v) is 13.7. The molecule has 1 aromatic rings. The summed E-state index contributed by atoms with van der Waals surface area (Å²) in [6.07, 6.45) is 0.258. The van der Waals surface area contributed by atoms with Crippen molar-refractivity contribution in [2.45, 2.75) is 55.5 Å². The summed E-state index contributed by atoms with van der Waals surface area (Å²) in [5, 5.41) is -5.73. The number of alkyl halides is 4. The molecule has 198 valence electrons. The summed E-state index contributed by atoms with van der Waals surface area (Å²) in [5.74, 6) is -8.05. The first-order valence-electron chi connectivity index (χ1n) is 11.2. The zero-order chi connectivity index (χ0) is 26.3. The molecule has 0 radical (unpaired) electrons. The Hall–Kier alpha value is -1.68. The van der Waals surface area contributed by atoms with Gasteiger partial charge in [0.05, 0.1) is 18.4 Å². The maximum atomic E-state index is 13.8. The summed E-state index contributed by atoms with van der Waals surface area (Å²) in [5.41, 5.74) is -0.775. The van der Waals surface area contributed by atoms with Crippen molar-refractivity contribution >= 4 is 44.6 Å². The molecule has 8 nitrogen and oxygen atoms in total. The maximum Gasteiger partial charge on any atom is 0.431 e. The summed E-state index contributed by atoms with van der Waals surface area (Å²) < 4.78 is 102. The largest absolute Gasteiger partial charge is 0.465 e. The van der Waals surface area contributed by atoms with E-state index in [9.17, 15) is 35.6 Å². The Morgan fingerprint density at radius 2 is 1.78 bits per heavy atom. The first-order chi connectivity index (χ1) is 16.6. The fraction of sp³-hybridized carbons (Fsp3) is 0.636. The van der Waals surface area contributed by atoms with Crippen molar-refractivity contribution < 1.29 is 54.3 Å². The summed E-state index contributed by atoms with van der Waals surface area (Å²) >= 11 is 2.06. The number of hydrogen-bond donors (Lipinski definition) is 1. The van der Waals surface area contributed by atoms with Gasteiger partial charge in [0.15, 0.2) is 0 Å². The van der Waals surface area contributed by atoms with E-state index in [4.69, 9.17) is 18.8 Å². The highest BCUT2D eigenvalue weighted by molar-refractivity contribution is 14.1. The van der Waals surface area contributed by atoms with Crippen LogP contribution in [0.25, 0.3) is 0 Å². The lowest BCUT2D eigenvalue weighted by molar-refractivity contribution is -0.294.